The van der Waals surface area contributed by atoms with Gasteiger partial charge < -0.3 is 10.2 Å². The number of rotatable bonds is 5. The summed E-state index contributed by atoms with van der Waals surface area (Å²) >= 11 is 6.53. The summed E-state index contributed by atoms with van der Waals surface area (Å²) in [6.07, 6.45) is 0. The van der Waals surface area contributed by atoms with Crippen LogP contribution in [0, 0.1) is 13.8 Å². The summed E-state index contributed by atoms with van der Waals surface area (Å²) in [5, 5.41) is 3.47. The second-order valence-corrected chi connectivity index (χ2v) is 10.5. The fourth-order valence-corrected chi connectivity index (χ4v) is 5.56. The molecule has 0 radical (unpaired) electrons. The number of hydrogen-bond acceptors (Lipinski definition) is 4. The molecule has 0 bridgehead atoms. The first-order chi connectivity index (χ1) is 15.8. The van der Waals surface area contributed by atoms with E-state index >= 15 is 0 Å². The van der Waals surface area contributed by atoms with Crippen molar-refractivity contribution in [1.82, 2.24) is 4.31 Å². The number of halogens is 1. The molecule has 3 aromatic rings. The molecule has 0 aliphatic carbocycles. The molecule has 33 heavy (non-hydrogen) atoms. The predicted molar refractivity (Wildman–Crippen MR) is 133 cm³/mol. The first-order valence-corrected chi connectivity index (χ1v) is 12.6. The van der Waals surface area contributed by atoms with E-state index in [2.05, 4.69) is 5.32 Å². The van der Waals surface area contributed by atoms with E-state index in [1.165, 1.54) is 4.31 Å². The summed E-state index contributed by atoms with van der Waals surface area (Å²) in [6, 6.07) is 19.6. The van der Waals surface area contributed by atoms with Gasteiger partial charge in [-0.25, -0.2) is 8.42 Å². The lowest BCUT2D eigenvalue weighted by Gasteiger charge is -2.36. The van der Waals surface area contributed by atoms with Gasteiger partial charge in [-0.2, -0.15) is 4.31 Å². The van der Waals surface area contributed by atoms with Crippen LogP contribution in [0.5, 0.6) is 0 Å². The van der Waals surface area contributed by atoms with E-state index in [-0.39, 0.29) is 5.91 Å². The molecule has 4 rings (SSSR count). The molecule has 1 heterocycles. The average molecular weight is 484 g/mol. The van der Waals surface area contributed by atoms with Crippen molar-refractivity contribution in [2.75, 3.05) is 36.4 Å². The normalized spacial score (nSPS) is 14.8. The maximum atomic E-state index is 13.0. The van der Waals surface area contributed by atoms with Crippen molar-refractivity contribution in [2.24, 2.45) is 0 Å². The third-order valence-electron chi connectivity index (χ3n) is 5.76. The van der Waals surface area contributed by atoms with E-state index in [1.54, 1.807) is 48.5 Å². The Kier molecular flexibility index (Phi) is 6.74. The molecule has 1 amide bonds. The summed E-state index contributed by atoms with van der Waals surface area (Å²) in [5.41, 5.74) is 3.95. The Morgan fingerprint density at radius 1 is 0.848 bits per heavy atom. The van der Waals surface area contributed by atoms with E-state index in [9.17, 15) is 13.2 Å². The van der Waals surface area contributed by atoms with E-state index in [0.717, 1.165) is 11.1 Å². The van der Waals surface area contributed by atoms with Crippen molar-refractivity contribution >= 4 is 38.9 Å². The molecule has 0 spiro atoms. The number of carbonyl (C=O) groups is 1. The lowest BCUT2D eigenvalue weighted by molar-refractivity contribution is 0.102. The zero-order chi connectivity index (χ0) is 23.6. The van der Waals surface area contributed by atoms with Crippen LogP contribution in [0.4, 0.5) is 11.4 Å². The molecule has 1 fully saturated rings. The van der Waals surface area contributed by atoms with Gasteiger partial charge in [0, 0.05) is 31.7 Å². The van der Waals surface area contributed by atoms with Gasteiger partial charge in [-0.3, -0.25) is 4.79 Å². The van der Waals surface area contributed by atoms with Crippen LogP contribution in [0.1, 0.15) is 21.5 Å². The lowest BCUT2D eigenvalue weighted by Crippen LogP contribution is -2.49. The van der Waals surface area contributed by atoms with Crippen LogP contribution in [0.25, 0.3) is 0 Å². The van der Waals surface area contributed by atoms with Crippen molar-refractivity contribution in [1.29, 1.82) is 0 Å². The molecule has 1 aliphatic rings. The molecule has 1 saturated heterocycles. The third-order valence-corrected chi connectivity index (χ3v) is 7.98. The summed E-state index contributed by atoms with van der Waals surface area (Å²) in [5.74, 6) is -0.223. The Hall–Kier alpha value is -2.87. The summed E-state index contributed by atoms with van der Waals surface area (Å²) < 4.78 is 27.5. The number of carbonyl (C=O) groups excluding carboxylic acids is 1. The van der Waals surface area contributed by atoms with Crippen LogP contribution in [0.2, 0.25) is 5.02 Å². The zero-order valence-corrected chi connectivity index (χ0v) is 20.2. The van der Waals surface area contributed by atoms with Crippen LogP contribution in [0.3, 0.4) is 0 Å². The van der Waals surface area contributed by atoms with Gasteiger partial charge in [0.25, 0.3) is 5.91 Å². The number of sulfonamides is 1. The predicted octanol–water partition coefficient (Wildman–Crippen LogP) is 4.72. The Morgan fingerprint density at radius 3 is 2.03 bits per heavy atom. The maximum absolute atomic E-state index is 13.0. The number of piperazine rings is 1. The molecule has 0 atom stereocenters. The molecule has 0 aromatic heterocycles. The Morgan fingerprint density at radius 2 is 1.42 bits per heavy atom. The number of amides is 1. The Bertz CT molecular complexity index is 1250. The van der Waals surface area contributed by atoms with Gasteiger partial charge in [-0.1, -0.05) is 53.1 Å². The zero-order valence-electron chi connectivity index (χ0n) is 18.6. The number of benzene rings is 3. The minimum Gasteiger partial charge on any atom is -0.366 e. The van der Waals surface area contributed by atoms with Gasteiger partial charge in [-0.15, -0.1) is 0 Å². The van der Waals surface area contributed by atoms with Crippen LogP contribution in [-0.2, 0) is 10.0 Å². The van der Waals surface area contributed by atoms with Gasteiger partial charge in [0.15, 0.2) is 0 Å². The molecule has 3 aromatic carbocycles. The molecule has 172 valence electrons. The van der Waals surface area contributed by atoms with Gasteiger partial charge in [0.05, 0.1) is 21.3 Å². The fourth-order valence-electron chi connectivity index (χ4n) is 3.85. The van der Waals surface area contributed by atoms with E-state index < -0.39 is 10.0 Å². The number of para-hydroxylation sites is 1. The second kappa shape index (κ2) is 9.55. The van der Waals surface area contributed by atoms with Crippen LogP contribution < -0.4 is 10.2 Å². The van der Waals surface area contributed by atoms with Crippen molar-refractivity contribution in [2.45, 2.75) is 18.7 Å². The molecule has 0 saturated carbocycles. The topological polar surface area (TPSA) is 69.7 Å². The van der Waals surface area contributed by atoms with E-state index in [4.69, 9.17) is 11.6 Å². The first kappa shape index (κ1) is 23.3. The minimum absolute atomic E-state index is 0.223. The number of hydrogen-bond donors (Lipinski definition) is 1. The number of nitrogens with zero attached hydrogens (tertiary/aromatic N) is 2. The van der Waals surface area contributed by atoms with E-state index in [0.29, 0.717) is 53.0 Å². The Labute approximate surface area is 199 Å². The highest BCUT2D eigenvalue weighted by molar-refractivity contribution is 7.89. The standard InChI is InChI=1S/C25H26ClN3O3S/c1-18-6-10-20(11-7-18)25(30)27-23-5-3-4-22(26)24(23)28-14-16-29(17-15-28)33(31,32)21-12-8-19(2)9-13-21/h3-13H,14-17H2,1-2H3,(H,27,30). The molecule has 1 N–H and O–H groups in total. The SMILES string of the molecule is Cc1ccc(C(=O)Nc2cccc(Cl)c2N2CCN(S(=O)(=O)c3ccc(C)cc3)CC2)cc1. The molecule has 6 nitrogen and oxygen atoms in total. The lowest BCUT2D eigenvalue weighted by atomic mass is 10.1. The minimum atomic E-state index is -3.56. The Balaban J connectivity index is 1.51. The summed E-state index contributed by atoms with van der Waals surface area (Å²) in [6.45, 7) is 5.47. The van der Waals surface area contributed by atoms with Crippen LogP contribution in [-0.4, -0.2) is 44.8 Å². The maximum Gasteiger partial charge on any atom is 0.255 e. The van der Waals surface area contributed by atoms with Gasteiger partial charge >= 0.3 is 0 Å². The van der Waals surface area contributed by atoms with Crippen molar-refractivity contribution in [3.63, 3.8) is 0 Å². The third kappa shape index (κ3) is 5.05. The number of nitrogens with one attached hydrogen (secondary N) is 1. The molecular weight excluding hydrogens is 458 g/mol. The highest BCUT2D eigenvalue weighted by Gasteiger charge is 2.30. The van der Waals surface area contributed by atoms with Crippen molar-refractivity contribution in [3.8, 4) is 0 Å². The average Bonchev–Trinajstić information content (AvgIpc) is 2.80. The molecule has 8 heteroatoms. The highest BCUT2D eigenvalue weighted by Crippen LogP contribution is 2.35. The molecule has 0 unspecified atom stereocenters. The van der Waals surface area contributed by atoms with Gasteiger partial charge in [0.2, 0.25) is 10.0 Å². The number of anilines is 2. The smallest absolute Gasteiger partial charge is 0.255 e. The van der Waals surface area contributed by atoms with Crippen molar-refractivity contribution in [3.05, 3.63) is 88.4 Å². The second-order valence-electron chi connectivity index (χ2n) is 8.16. The highest BCUT2D eigenvalue weighted by atomic mass is 35.5. The summed E-state index contributed by atoms with van der Waals surface area (Å²) in [4.78, 5) is 15.1. The van der Waals surface area contributed by atoms with Gasteiger partial charge in [0.1, 0.15) is 0 Å². The fraction of sp³-hybridized carbons (Fsp3) is 0.240. The van der Waals surface area contributed by atoms with Crippen LogP contribution >= 0.6 is 11.6 Å². The van der Waals surface area contributed by atoms with Crippen LogP contribution in [0.15, 0.2) is 71.6 Å². The van der Waals surface area contributed by atoms with Crippen molar-refractivity contribution < 1.29 is 13.2 Å². The van der Waals surface area contributed by atoms with E-state index in [1.807, 2.05) is 36.9 Å². The largest absolute Gasteiger partial charge is 0.366 e. The quantitative estimate of drug-likeness (QED) is 0.570. The molecule has 1 aliphatic heterocycles. The molecular formula is C25H26ClN3O3S. The van der Waals surface area contributed by atoms with Gasteiger partial charge in [-0.05, 0) is 50.2 Å². The number of aryl methyl sites for hydroxylation is 2. The summed E-state index contributed by atoms with van der Waals surface area (Å²) in [7, 11) is -3.56. The first-order valence-electron chi connectivity index (χ1n) is 10.7. The monoisotopic (exact) mass is 483 g/mol.